The highest BCUT2D eigenvalue weighted by molar-refractivity contribution is 5.96. The number of hydrogen-bond acceptors (Lipinski definition) is 4. The van der Waals surface area contributed by atoms with Gasteiger partial charge in [-0.2, -0.15) is 0 Å². The fraction of sp³-hybridized carbons (Fsp3) is 0.438. The number of Topliss-reactive ketones (excluding diaryl/α,β-unsaturated/α-hetero) is 1. The maximum atomic E-state index is 11.9. The van der Waals surface area contributed by atoms with Gasteiger partial charge in [0, 0.05) is 24.9 Å². The molecule has 0 aliphatic carbocycles. The van der Waals surface area contributed by atoms with Crippen molar-refractivity contribution in [2.45, 2.75) is 26.2 Å². The van der Waals surface area contributed by atoms with Crippen molar-refractivity contribution < 1.29 is 24.2 Å². The molecule has 120 valence electrons. The van der Waals surface area contributed by atoms with Crippen LogP contribution in [0.1, 0.15) is 36.5 Å². The maximum absolute atomic E-state index is 11.9. The van der Waals surface area contributed by atoms with Crippen LogP contribution in [0, 0.1) is 5.92 Å². The number of carbonyl (C=O) groups excluding carboxylic acids is 2. The van der Waals surface area contributed by atoms with Gasteiger partial charge in [0.25, 0.3) is 0 Å². The highest BCUT2D eigenvalue weighted by Crippen LogP contribution is 2.13. The lowest BCUT2D eigenvalue weighted by Gasteiger charge is -2.08. The number of ketones is 1. The van der Waals surface area contributed by atoms with Crippen molar-refractivity contribution in [1.29, 1.82) is 0 Å². The van der Waals surface area contributed by atoms with Crippen LogP contribution in [0.4, 0.5) is 0 Å². The Hall–Kier alpha value is -2.37. The van der Waals surface area contributed by atoms with Crippen molar-refractivity contribution >= 4 is 17.7 Å². The van der Waals surface area contributed by atoms with Gasteiger partial charge in [0.2, 0.25) is 5.91 Å². The number of carboxylic acids is 1. The molecular formula is C16H21NO5. The van der Waals surface area contributed by atoms with E-state index in [-0.39, 0.29) is 31.1 Å². The van der Waals surface area contributed by atoms with E-state index in [0.717, 1.165) is 0 Å². The number of amides is 1. The third-order valence-corrected chi connectivity index (χ3v) is 3.25. The SMILES string of the molecule is COc1ccc(C(=O)CCCC(=O)NCC(C)C(=O)O)cc1. The van der Waals surface area contributed by atoms with Gasteiger partial charge in [-0.1, -0.05) is 6.92 Å². The average molecular weight is 307 g/mol. The summed E-state index contributed by atoms with van der Waals surface area (Å²) in [7, 11) is 1.56. The first-order valence-electron chi connectivity index (χ1n) is 7.10. The van der Waals surface area contributed by atoms with Gasteiger partial charge in [0.05, 0.1) is 13.0 Å². The van der Waals surface area contributed by atoms with Crippen LogP contribution >= 0.6 is 0 Å². The lowest BCUT2D eigenvalue weighted by atomic mass is 10.1. The Bertz CT molecular complexity index is 524. The monoisotopic (exact) mass is 307 g/mol. The second-order valence-corrected chi connectivity index (χ2v) is 5.05. The number of carboxylic acid groups (broad SMARTS) is 1. The molecule has 0 saturated carbocycles. The minimum atomic E-state index is -0.949. The predicted octanol–water partition coefficient (Wildman–Crippen LogP) is 1.89. The first kappa shape index (κ1) is 17.7. The topological polar surface area (TPSA) is 92.7 Å². The van der Waals surface area contributed by atoms with E-state index >= 15 is 0 Å². The summed E-state index contributed by atoms with van der Waals surface area (Å²) < 4.78 is 5.02. The van der Waals surface area contributed by atoms with Gasteiger partial charge in [-0.15, -0.1) is 0 Å². The molecule has 6 nitrogen and oxygen atoms in total. The molecule has 0 bridgehead atoms. The van der Waals surface area contributed by atoms with E-state index in [0.29, 0.717) is 17.7 Å². The molecule has 1 aromatic rings. The van der Waals surface area contributed by atoms with Crippen LogP contribution in [0.3, 0.4) is 0 Å². The second-order valence-electron chi connectivity index (χ2n) is 5.05. The lowest BCUT2D eigenvalue weighted by molar-refractivity contribution is -0.141. The van der Waals surface area contributed by atoms with Gasteiger partial charge >= 0.3 is 5.97 Å². The van der Waals surface area contributed by atoms with Gasteiger partial charge in [0.15, 0.2) is 5.78 Å². The third-order valence-electron chi connectivity index (χ3n) is 3.25. The number of methoxy groups -OCH3 is 1. The van der Waals surface area contributed by atoms with Crippen LogP contribution < -0.4 is 10.1 Å². The van der Waals surface area contributed by atoms with E-state index in [4.69, 9.17) is 9.84 Å². The molecule has 0 radical (unpaired) electrons. The quantitative estimate of drug-likeness (QED) is 0.680. The van der Waals surface area contributed by atoms with Crippen LogP contribution in [0.2, 0.25) is 0 Å². The molecule has 0 aromatic heterocycles. The molecular weight excluding hydrogens is 286 g/mol. The molecule has 0 spiro atoms. The number of benzene rings is 1. The molecule has 1 rings (SSSR count). The zero-order chi connectivity index (χ0) is 16.5. The Balaban J connectivity index is 2.29. The van der Waals surface area contributed by atoms with Crippen molar-refractivity contribution in [3.05, 3.63) is 29.8 Å². The van der Waals surface area contributed by atoms with E-state index in [1.807, 2.05) is 0 Å². The molecule has 0 aliphatic heterocycles. The Morgan fingerprint density at radius 2 is 1.82 bits per heavy atom. The second kappa shape index (κ2) is 8.81. The first-order valence-corrected chi connectivity index (χ1v) is 7.10. The van der Waals surface area contributed by atoms with Crippen LogP contribution in [-0.4, -0.2) is 36.4 Å². The normalized spacial score (nSPS) is 11.5. The molecule has 22 heavy (non-hydrogen) atoms. The van der Waals surface area contributed by atoms with Crippen LogP contribution in [-0.2, 0) is 9.59 Å². The Morgan fingerprint density at radius 1 is 1.18 bits per heavy atom. The van der Waals surface area contributed by atoms with Gasteiger partial charge in [-0.05, 0) is 30.7 Å². The minimum absolute atomic E-state index is 0.0330. The van der Waals surface area contributed by atoms with Crippen LogP contribution in [0.25, 0.3) is 0 Å². The lowest BCUT2D eigenvalue weighted by Crippen LogP contribution is -2.31. The number of ether oxygens (including phenoxy) is 1. The maximum Gasteiger partial charge on any atom is 0.308 e. The number of rotatable bonds is 9. The Kier molecular flexibility index (Phi) is 7.08. The molecule has 1 aromatic carbocycles. The summed E-state index contributed by atoms with van der Waals surface area (Å²) in [6.45, 7) is 1.62. The van der Waals surface area contributed by atoms with E-state index < -0.39 is 11.9 Å². The van der Waals surface area contributed by atoms with Crippen molar-refractivity contribution in [2.75, 3.05) is 13.7 Å². The number of nitrogens with one attached hydrogen (secondary N) is 1. The summed E-state index contributed by atoms with van der Waals surface area (Å²) in [5.41, 5.74) is 0.584. The summed E-state index contributed by atoms with van der Waals surface area (Å²) in [4.78, 5) is 34.1. The zero-order valence-electron chi connectivity index (χ0n) is 12.8. The number of aliphatic carboxylic acids is 1. The van der Waals surface area contributed by atoms with Gasteiger partial charge in [0.1, 0.15) is 5.75 Å². The van der Waals surface area contributed by atoms with Gasteiger partial charge < -0.3 is 15.2 Å². The zero-order valence-corrected chi connectivity index (χ0v) is 12.8. The van der Waals surface area contributed by atoms with E-state index in [9.17, 15) is 14.4 Å². The highest BCUT2D eigenvalue weighted by Gasteiger charge is 2.12. The van der Waals surface area contributed by atoms with Crippen LogP contribution in [0.15, 0.2) is 24.3 Å². The number of hydrogen-bond donors (Lipinski definition) is 2. The highest BCUT2D eigenvalue weighted by atomic mass is 16.5. The molecule has 1 unspecified atom stereocenters. The molecule has 0 heterocycles. The van der Waals surface area contributed by atoms with Crippen LogP contribution in [0.5, 0.6) is 5.75 Å². The Morgan fingerprint density at radius 3 is 2.36 bits per heavy atom. The molecule has 0 fully saturated rings. The fourth-order valence-corrected chi connectivity index (χ4v) is 1.77. The summed E-state index contributed by atoms with van der Waals surface area (Å²) in [6, 6.07) is 6.81. The average Bonchev–Trinajstić information content (AvgIpc) is 2.52. The standard InChI is InChI=1S/C16H21NO5/c1-11(16(20)21)10-17-15(19)5-3-4-14(18)12-6-8-13(22-2)9-7-12/h6-9,11H,3-5,10H2,1-2H3,(H,17,19)(H,20,21). The summed E-state index contributed by atoms with van der Waals surface area (Å²) >= 11 is 0. The van der Waals surface area contributed by atoms with Gasteiger partial charge in [-0.3, -0.25) is 14.4 Å². The molecule has 6 heteroatoms. The summed E-state index contributed by atoms with van der Waals surface area (Å²) in [5, 5.41) is 11.2. The molecule has 0 saturated heterocycles. The molecule has 0 aliphatic rings. The van der Waals surface area contributed by atoms with E-state index in [2.05, 4.69) is 5.32 Å². The Labute approximate surface area is 129 Å². The molecule has 2 N–H and O–H groups in total. The summed E-state index contributed by atoms with van der Waals surface area (Å²) in [5.74, 6) is -1.16. The molecule has 1 atom stereocenters. The predicted molar refractivity (Wildman–Crippen MR) is 81.0 cm³/mol. The first-order chi connectivity index (χ1) is 10.4. The van der Waals surface area contributed by atoms with Crippen molar-refractivity contribution in [3.63, 3.8) is 0 Å². The van der Waals surface area contributed by atoms with Gasteiger partial charge in [-0.25, -0.2) is 0 Å². The number of carbonyl (C=O) groups is 3. The smallest absolute Gasteiger partial charge is 0.308 e. The van der Waals surface area contributed by atoms with Crippen molar-refractivity contribution in [3.8, 4) is 5.75 Å². The van der Waals surface area contributed by atoms with E-state index in [1.165, 1.54) is 6.92 Å². The molecule has 1 amide bonds. The van der Waals surface area contributed by atoms with Crippen molar-refractivity contribution in [2.24, 2.45) is 5.92 Å². The third kappa shape index (κ3) is 5.95. The van der Waals surface area contributed by atoms with Crippen molar-refractivity contribution in [1.82, 2.24) is 5.32 Å². The summed E-state index contributed by atoms with van der Waals surface area (Å²) in [6.07, 6.45) is 0.903. The van der Waals surface area contributed by atoms with E-state index in [1.54, 1.807) is 31.4 Å². The minimum Gasteiger partial charge on any atom is -0.497 e. The fourth-order valence-electron chi connectivity index (χ4n) is 1.77. The largest absolute Gasteiger partial charge is 0.497 e.